The molecule has 0 radical (unpaired) electrons. The van der Waals surface area contributed by atoms with Crippen molar-refractivity contribution in [3.8, 4) is 72.0 Å². The molecular weight excluding hydrogens is 1640 g/mol. The van der Waals surface area contributed by atoms with E-state index in [4.69, 9.17) is 13.1 Å². The van der Waals surface area contributed by atoms with Crippen LogP contribution in [0.15, 0.2) is 132 Å². The third kappa shape index (κ3) is 20.4. The Bertz CT molecular complexity index is 5400. The zero-order valence-corrected chi connectivity index (χ0v) is 80.6. The van der Waals surface area contributed by atoms with E-state index < -0.39 is 0 Å². The Morgan fingerprint density at radius 2 is 0.648 bits per heavy atom. The lowest BCUT2D eigenvalue weighted by Gasteiger charge is -2.14. The lowest BCUT2D eigenvalue weighted by molar-refractivity contribution is 0.103. The van der Waals surface area contributed by atoms with Crippen LogP contribution in [0.25, 0.3) is 113 Å². The highest BCUT2D eigenvalue weighted by Crippen LogP contribution is 2.59. The summed E-state index contributed by atoms with van der Waals surface area (Å²) in [5.74, 6) is 2.94. The molecule has 6 nitrogen and oxygen atoms in total. The largest absolute Gasteiger partial charge is 0.289 e. The monoisotopic (exact) mass is 1760 g/mol. The number of hydrogen-bond acceptors (Lipinski definition) is 12. The maximum Gasteiger partial charge on any atom is 0.270 e. The first kappa shape index (κ1) is 91.7. The van der Waals surface area contributed by atoms with E-state index in [2.05, 4.69) is 166 Å². The van der Waals surface area contributed by atoms with Crippen LogP contribution < -0.4 is 0 Å². The molecule has 0 aliphatic heterocycles. The Balaban J connectivity index is 1.07. The van der Waals surface area contributed by atoms with Gasteiger partial charge in [0.1, 0.15) is 0 Å². The first-order valence-electron chi connectivity index (χ1n) is 46.1. The smallest absolute Gasteiger partial charge is 0.270 e. The van der Waals surface area contributed by atoms with Crippen LogP contribution in [0.1, 0.15) is 311 Å². The normalized spacial score (nSPS) is 15.7. The van der Waals surface area contributed by atoms with Gasteiger partial charge in [0.25, 0.3) is 11.4 Å². The Hall–Kier alpha value is -7.96. The van der Waals surface area contributed by atoms with E-state index in [0.717, 1.165) is 125 Å². The molecule has 0 saturated carbocycles. The summed E-state index contributed by atoms with van der Waals surface area (Å²) in [5, 5.41) is 23.6. The van der Waals surface area contributed by atoms with Gasteiger partial charge in [-0.05, 0) is 180 Å². The van der Waals surface area contributed by atoms with Gasteiger partial charge in [-0.1, -0.05) is 286 Å². The van der Waals surface area contributed by atoms with Crippen molar-refractivity contribution >= 4 is 146 Å². The van der Waals surface area contributed by atoms with Crippen LogP contribution in [0, 0.1) is 71.3 Å². The Morgan fingerprint density at radius 1 is 0.352 bits per heavy atom. The topological polar surface area (TPSA) is 90.4 Å². The molecule has 14 heteroatoms. The predicted octanol–water partition coefficient (Wildman–Crippen LogP) is 35.9. The summed E-state index contributed by atoms with van der Waals surface area (Å²) in [4.78, 5) is 54.8. The highest BCUT2D eigenvalue weighted by atomic mass is 32.1. The summed E-state index contributed by atoms with van der Waals surface area (Å²) in [7, 11) is 0. The van der Waals surface area contributed by atoms with Gasteiger partial charge in [0.05, 0.1) is 25.3 Å². The second-order valence-electron chi connectivity index (χ2n) is 34.4. The number of carbonyl (C=O) groups excluding carboxylic acids is 2. The standard InChI is InChI=1S/C108H122N4O2S8/c1-15-27-37-67(21-7)51-73-57-79(61-85-97(89(65-109)111-13)81-43-33-35-45-83(81)101(85)113)117-103(73)93-59-75(53-69(23-9)39-29-17-3)105(119-93)95-63-87-99(91-49-47-77(115-91)55-71(25-11)41-31-19-5)108-88(100(107(87)121-95)92-50-48-78(116-92)56-72(26-12)42-32-20-6)64-96(122-108)106-76(54-70(24-10)40-30-18-4)60-94(120-106)104-74(52-68(22-8)38-28-16-2)58-80(118-104)62-86-98(90(66-110)112-14)82-44-34-36-46-84(82)102(86)114/h33-36,43-50,57-64,67-72H,15-32,37-42,51-56H2,1-12H3/b85-61?,86-62?,97-89-,98-90+. The average Bonchev–Trinajstić information content (AvgIpc) is 1.55. The summed E-state index contributed by atoms with van der Waals surface area (Å²) in [6.45, 7) is 44.5. The molecule has 2 aliphatic rings. The zero-order chi connectivity index (χ0) is 86.1. The fourth-order valence-corrected chi connectivity index (χ4v) is 28.9. The molecule has 6 atom stereocenters. The van der Waals surface area contributed by atoms with Crippen LogP contribution in [0.5, 0.6) is 0 Å². The number of unbranched alkanes of at least 4 members (excludes halogenated alkanes) is 6. The van der Waals surface area contributed by atoms with Gasteiger partial charge in [0.2, 0.25) is 0 Å². The van der Waals surface area contributed by atoms with Gasteiger partial charge in [-0.15, -0.1) is 90.7 Å². The van der Waals surface area contributed by atoms with Crippen molar-refractivity contribution in [2.45, 2.75) is 276 Å². The van der Waals surface area contributed by atoms with Crippen LogP contribution >= 0.6 is 90.7 Å². The number of Topliss-reactive ketones (excluding diaryl/α,β-unsaturated/α-hetero) is 2. The van der Waals surface area contributed by atoms with Gasteiger partial charge in [0.15, 0.2) is 11.6 Å². The first-order valence-corrected chi connectivity index (χ1v) is 52.6. The molecular formula is C108H122N4O2S8. The second-order valence-corrected chi connectivity index (χ2v) is 43.1. The molecule has 634 valence electrons. The minimum Gasteiger partial charge on any atom is -0.289 e. The maximum atomic E-state index is 14.7. The predicted molar refractivity (Wildman–Crippen MR) is 535 cm³/mol. The third-order valence-electron chi connectivity index (χ3n) is 26.1. The fraction of sp³-hybridized carbons (Fsp3) is 0.444. The molecule has 2 aliphatic carbocycles. The summed E-state index contributed by atoms with van der Waals surface area (Å²) < 4.78 is 2.71. The Kier molecular flexibility index (Phi) is 32.9. The van der Waals surface area contributed by atoms with E-state index in [0.29, 0.717) is 80.1 Å². The highest BCUT2D eigenvalue weighted by molar-refractivity contribution is 7.31. The van der Waals surface area contributed by atoms with Gasteiger partial charge in [-0.2, -0.15) is 0 Å². The molecule has 0 bridgehead atoms. The number of carbonyl (C=O) groups is 2. The lowest BCUT2D eigenvalue weighted by atomic mass is 9.90. The van der Waals surface area contributed by atoms with Gasteiger partial charge in [0, 0.05) is 133 Å². The molecule has 0 spiro atoms. The Morgan fingerprint density at radius 3 is 0.951 bits per heavy atom. The number of nitriles is 2. The van der Waals surface area contributed by atoms with Gasteiger partial charge < -0.3 is 0 Å². The number of fused-ring (bicyclic) bond motifs is 4. The van der Waals surface area contributed by atoms with E-state index in [1.54, 1.807) is 22.7 Å². The number of benzene rings is 3. The molecule has 13 rings (SSSR count). The van der Waals surface area contributed by atoms with Crippen LogP contribution in [-0.2, 0) is 38.5 Å². The molecule has 8 heterocycles. The maximum absolute atomic E-state index is 14.7. The number of hydrogen-bond donors (Lipinski definition) is 0. The average molecular weight is 1760 g/mol. The van der Waals surface area contributed by atoms with Crippen LogP contribution in [-0.4, -0.2) is 11.6 Å². The van der Waals surface area contributed by atoms with Crippen molar-refractivity contribution in [3.05, 3.63) is 219 Å². The number of nitrogens with zero attached hydrogens (tertiary/aromatic N) is 4. The van der Waals surface area contributed by atoms with E-state index in [1.807, 2.05) is 129 Å². The van der Waals surface area contributed by atoms with Crippen molar-refractivity contribution in [1.82, 2.24) is 0 Å². The van der Waals surface area contributed by atoms with Gasteiger partial charge in [-0.25, -0.2) is 20.2 Å². The van der Waals surface area contributed by atoms with Crippen molar-refractivity contribution in [1.29, 1.82) is 10.5 Å². The van der Waals surface area contributed by atoms with Crippen LogP contribution in [0.3, 0.4) is 0 Å². The van der Waals surface area contributed by atoms with E-state index >= 15 is 0 Å². The quantitative estimate of drug-likeness (QED) is 0.0216. The van der Waals surface area contributed by atoms with E-state index in [-0.39, 0.29) is 23.0 Å². The van der Waals surface area contributed by atoms with E-state index in [9.17, 15) is 20.1 Å². The molecule has 0 amide bonds. The summed E-state index contributed by atoms with van der Waals surface area (Å²) in [6.07, 6.45) is 38.0. The zero-order valence-electron chi connectivity index (χ0n) is 74.1. The molecule has 6 unspecified atom stereocenters. The summed E-state index contributed by atoms with van der Waals surface area (Å²) in [6, 6.07) is 44.4. The molecule has 11 aromatic rings. The van der Waals surface area contributed by atoms with Crippen LogP contribution in [0.2, 0.25) is 0 Å². The molecule has 0 N–H and O–H groups in total. The second kappa shape index (κ2) is 43.8. The molecule has 0 fully saturated rings. The number of ketones is 2. The minimum atomic E-state index is -0.141. The van der Waals surface area contributed by atoms with Crippen LogP contribution in [0.4, 0.5) is 0 Å². The van der Waals surface area contributed by atoms with Crippen molar-refractivity contribution < 1.29 is 9.59 Å². The minimum absolute atomic E-state index is 0.0556. The highest BCUT2D eigenvalue weighted by Gasteiger charge is 2.36. The van der Waals surface area contributed by atoms with Crippen molar-refractivity contribution in [2.75, 3.05) is 0 Å². The number of thiophene rings is 8. The van der Waals surface area contributed by atoms with E-state index in [1.165, 1.54) is 189 Å². The van der Waals surface area contributed by atoms with Gasteiger partial charge >= 0.3 is 0 Å². The SMILES string of the molecule is [C-]#[N+]/C(C#N)=C1\C(=Cc2cc(CC(CC)CCCC)c(-c3cc(CC(CC)CCCC)c(-c4cc5c(-c6ccc(CC(CC)CCCC)s6)c6sc(-c7sc(-c8sc(C=C9C(=O)c%10ccccc%10/C9=C(/C#N)[N+]#[C-])cc8CC(CC)CCCC)cc7CC(CC)CCCC)cc6c(-c6ccc(CC(CC)CCCC)s6)c5s4)s3)s2)C(=O)c2ccccc21. The summed E-state index contributed by atoms with van der Waals surface area (Å²) >= 11 is 15.6. The molecule has 122 heavy (non-hydrogen) atoms. The number of allylic oxidation sites excluding steroid dienone is 6. The Labute approximate surface area is 761 Å². The molecule has 8 aromatic heterocycles. The first-order chi connectivity index (χ1) is 59.6. The number of rotatable bonds is 44. The fourth-order valence-electron chi connectivity index (χ4n) is 18.7. The van der Waals surface area contributed by atoms with Gasteiger partial charge in [-0.3, -0.25) is 9.59 Å². The summed E-state index contributed by atoms with van der Waals surface area (Å²) in [5.41, 5.74) is 12.2. The lowest BCUT2D eigenvalue weighted by Crippen LogP contribution is -2.03. The molecule has 0 saturated heterocycles. The third-order valence-corrected chi connectivity index (χ3v) is 36.0. The van der Waals surface area contributed by atoms with Crippen molar-refractivity contribution in [3.63, 3.8) is 0 Å². The van der Waals surface area contributed by atoms with Crippen molar-refractivity contribution in [2.24, 2.45) is 35.5 Å². The molecule has 3 aromatic carbocycles.